The Morgan fingerprint density at radius 1 is 1.28 bits per heavy atom. The fourth-order valence-corrected chi connectivity index (χ4v) is 1.55. The quantitative estimate of drug-likeness (QED) is 0.620. The van der Waals surface area contributed by atoms with E-state index in [9.17, 15) is 22.8 Å². The topological polar surface area (TPSA) is 55.4 Å². The summed E-state index contributed by atoms with van der Waals surface area (Å²) >= 11 is 0. The number of hydrogen-bond acceptors (Lipinski definition) is 3. The highest BCUT2D eigenvalue weighted by molar-refractivity contribution is 5.95. The van der Waals surface area contributed by atoms with Gasteiger partial charge in [0.15, 0.2) is 0 Å². The summed E-state index contributed by atoms with van der Waals surface area (Å²) in [5.41, 5.74) is 0.658. The van der Waals surface area contributed by atoms with Crippen LogP contribution in [-0.2, 0) is 16.0 Å². The van der Waals surface area contributed by atoms with Crippen LogP contribution >= 0.6 is 0 Å². The van der Waals surface area contributed by atoms with Crippen molar-refractivity contribution in [2.75, 3.05) is 5.32 Å². The second-order valence-corrected chi connectivity index (χ2v) is 3.75. The minimum absolute atomic E-state index is 0.0641. The molecule has 1 aromatic rings. The number of esters is 1. The molecule has 18 heavy (non-hydrogen) atoms. The Hall–Kier alpha value is -2.05. The summed E-state index contributed by atoms with van der Waals surface area (Å²) in [4.78, 5) is 21.8. The van der Waals surface area contributed by atoms with E-state index in [1.165, 1.54) is 18.2 Å². The summed E-state index contributed by atoms with van der Waals surface area (Å²) in [6.07, 6.45) is -4.24. The van der Waals surface area contributed by atoms with Gasteiger partial charge in [-0.05, 0) is 18.1 Å². The van der Waals surface area contributed by atoms with Crippen molar-refractivity contribution in [2.45, 2.75) is 19.0 Å². The minimum atomic E-state index is -4.95. The largest absolute Gasteiger partial charge is 0.471 e. The average molecular weight is 259 g/mol. The number of carbonyl (C=O) groups excluding carboxylic acids is 2. The summed E-state index contributed by atoms with van der Waals surface area (Å²) in [5.74, 6) is -2.32. The van der Waals surface area contributed by atoms with E-state index in [-0.39, 0.29) is 17.9 Å². The van der Waals surface area contributed by atoms with Crippen molar-refractivity contribution in [1.82, 2.24) is 0 Å². The van der Waals surface area contributed by atoms with Crippen molar-refractivity contribution >= 4 is 17.6 Å². The maximum absolute atomic E-state index is 12.0. The first-order chi connectivity index (χ1) is 8.36. The van der Waals surface area contributed by atoms with Gasteiger partial charge in [-0.15, -0.1) is 0 Å². The molecule has 0 saturated carbocycles. The zero-order valence-corrected chi connectivity index (χ0v) is 9.00. The number of hydrogen-bond donors (Lipinski definition) is 1. The van der Waals surface area contributed by atoms with Crippen molar-refractivity contribution in [2.24, 2.45) is 0 Å². The summed E-state index contributed by atoms with van der Waals surface area (Å²) < 4.78 is 41.0. The Morgan fingerprint density at radius 3 is 2.67 bits per heavy atom. The third-order valence-electron chi connectivity index (χ3n) is 2.40. The first-order valence-electron chi connectivity index (χ1n) is 5.08. The maximum atomic E-state index is 12.0. The zero-order chi connectivity index (χ0) is 13.3. The second kappa shape index (κ2) is 4.32. The lowest BCUT2D eigenvalue weighted by atomic mass is 10.1. The van der Waals surface area contributed by atoms with Crippen LogP contribution in [0.1, 0.15) is 12.0 Å². The number of anilines is 1. The van der Waals surface area contributed by atoms with Crippen molar-refractivity contribution < 1.29 is 27.5 Å². The molecule has 0 aliphatic carbocycles. The molecule has 7 heteroatoms. The number of amides is 1. The SMILES string of the molecule is O=C1CCc2ccc(NC(=O)C(F)(F)F)cc2O1. The van der Waals surface area contributed by atoms with Crippen LogP contribution in [0.2, 0.25) is 0 Å². The average Bonchev–Trinajstić information content (AvgIpc) is 2.27. The predicted molar refractivity (Wildman–Crippen MR) is 55.1 cm³/mol. The molecular weight excluding hydrogens is 251 g/mol. The molecule has 0 aromatic heterocycles. The number of nitrogens with one attached hydrogen (secondary N) is 1. The van der Waals surface area contributed by atoms with Gasteiger partial charge in [0, 0.05) is 11.8 Å². The Morgan fingerprint density at radius 2 is 2.00 bits per heavy atom. The second-order valence-electron chi connectivity index (χ2n) is 3.75. The van der Waals surface area contributed by atoms with Crippen LogP contribution in [0, 0.1) is 0 Å². The monoisotopic (exact) mass is 259 g/mol. The molecule has 96 valence electrons. The summed E-state index contributed by atoms with van der Waals surface area (Å²) in [6.45, 7) is 0. The number of halogens is 3. The molecule has 4 nitrogen and oxygen atoms in total. The molecule has 1 aromatic carbocycles. The minimum Gasteiger partial charge on any atom is -0.426 e. The lowest BCUT2D eigenvalue weighted by Crippen LogP contribution is -2.30. The molecule has 0 bridgehead atoms. The summed E-state index contributed by atoms with van der Waals surface area (Å²) in [7, 11) is 0. The molecule has 2 rings (SSSR count). The normalized spacial score (nSPS) is 14.7. The Bertz CT molecular complexity index is 511. The van der Waals surface area contributed by atoms with Crippen LogP contribution in [0.25, 0.3) is 0 Å². The van der Waals surface area contributed by atoms with Gasteiger partial charge in [0.25, 0.3) is 0 Å². The van der Waals surface area contributed by atoms with Gasteiger partial charge < -0.3 is 10.1 Å². The van der Waals surface area contributed by atoms with Gasteiger partial charge >= 0.3 is 18.1 Å². The fraction of sp³-hybridized carbons (Fsp3) is 0.273. The lowest BCUT2D eigenvalue weighted by Gasteiger charge is -2.16. The maximum Gasteiger partial charge on any atom is 0.471 e. The van der Waals surface area contributed by atoms with Crippen molar-refractivity contribution in [3.05, 3.63) is 23.8 Å². The van der Waals surface area contributed by atoms with Gasteiger partial charge in [0.1, 0.15) is 5.75 Å². The molecule has 0 radical (unpaired) electrons. The van der Waals surface area contributed by atoms with Gasteiger partial charge in [0.2, 0.25) is 0 Å². The molecule has 0 spiro atoms. The van der Waals surface area contributed by atoms with E-state index in [1.54, 1.807) is 5.32 Å². The Balaban J connectivity index is 2.19. The molecule has 1 amide bonds. The number of benzene rings is 1. The molecule has 1 aliphatic rings. The smallest absolute Gasteiger partial charge is 0.426 e. The Kier molecular flexibility index (Phi) is 2.98. The molecule has 0 atom stereocenters. The van der Waals surface area contributed by atoms with Crippen LogP contribution in [0.15, 0.2) is 18.2 Å². The van der Waals surface area contributed by atoms with Crippen molar-refractivity contribution in [1.29, 1.82) is 0 Å². The van der Waals surface area contributed by atoms with E-state index in [0.717, 1.165) is 5.56 Å². The highest BCUT2D eigenvalue weighted by Gasteiger charge is 2.38. The van der Waals surface area contributed by atoms with Crippen LogP contribution in [0.5, 0.6) is 5.75 Å². The van der Waals surface area contributed by atoms with Gasteiger partial charge in [-0.1, -0.05) is 6.07 Å². The molecule has 1 heterocycles. The summed E-state index contributed by atoms with van der Waals surface area (Å²) in [6, 6.07) is 4.06. The van der Waals surface area contributed by atoms with Crippen molar-refractivity contribution in [3.8, 4) is 5.75 Å². The number of fused-ring (bicyclic) bond motifs is 1. The molecule has 1 aliphatic heterocycles. The van der Waals surface area contributed by atoms with Crippen LogP contribution in [0.3, 0.4) is 0 Å². The van der Waals surface area contributed by atoms with Crippen molar-refractivity contribution in [3.63, 3.8) is 0 Å². The third-order valence-corrected chi connectivity index (χ3v) is 2.40. The van der Waals surface area contributed by atoms with Crippen LogP contribution < -0.4 is 10.1 Å². The molecular formula is C11H8F3NO3. The number of aryl methyl sites for hydroxylation is 1. The summed E-state index contributed by atoms with van der Waals surface area (Å²) in [5, 5.41) is 1.69. The third kappa shape index (κ3) is 2.61. The molecule has 1 N–H and O–H groups in total. The Labute approximate surface area is 99.7 Å². The first-order valence-corrected chi connectivity index (χ1v) is 5.08. The molecule has 0 saturated heterocycles. The highest BCUT2D eigenvalue weighted by atomic mass is 19.4. The molecule has 0 unspecified atom stereocenters. The van der Waals surface area contributed by atoms with E-state index >= 15 is 0 Å². The molecule has 0 fully saturated rings. The highest BCUT2D eigenvalue weighted by Crippen LogP contribution is 2.29. The van der Waals surface area contributed by atoms with E-state index < -0.39 is 18.1 Å². The predicted octanol–water partition coefficient (Wildman–Crippen LogP) is 2.04. The number of ether oxygens (including phenoxy) is 1. The van der Waals surface area contributed by atoms with E-state index in [1.807, 2.05) is 0 Å². The van der Waals surface area contributed by atoms with Gasteiger partial charge in [0.05, 0.1) is 6.42 Å². The standard InChI is InChI=1S/C11H8F3NO3/c12-11(13,14)10(17)15-7-3-1-6-2-4-9(16)18-8(6)5-7/h1,3,5H,2,4H2,(H,15,17). The van der Waals surface area contributed by atoms with Gasteiger partial charge in [-0.2, -0.15) is 13.2 Å². The first kappa shape index (κ1) is 12.4. The van der Waals surface area contributed by atoms with E-state index in [4.69, 9.17) is 4.74 Å². The van der Waals surface area contributed by atoms with E-state index in [0.29, 0.717) is 6.42 Å². The van der Waals surface area contributed by atoms with Gasteiger partial charge in [-0.25, -0.2) is 0 Å². The lowest BCUT2D eigenvalue weighted by molar-refractivity contribution is -0.167. The number of alkyl halides is 3. The zero-order valence-electron chi connectivity index (χ0n) is 9.00. The number of rotatable bonds is 1. The van der Waals surface area contributed by atoms with E-state index in [2.05, 4.69) is 0 Å². The van der Waals surface area contributed by atoms with Gasteiger partial charge in [-0.3, -0.25) is 9.59 Å². The number of carbonyl (C=O) groups is 2. The van der Waals surface area contributed by atoms with Crippen LogP contribution in [0.4, 0.5) is 18.9 Å². The fourth-order valence-electron chi connectivity index (χ4n) is 1.55. The van der Waals surface area contributed by atoms with Crippen LogP contribution in [-0.4, -0.2) is 18.1 Å².